The molecule has 1 heterocycles. The Morgan fingerprint density at radius 1 is 1.03 bits per heavy atom. The molecule has 29 heavy (non-hydrogen) atoms. The molecule has 6 nitrogen and oxygen atoms in total. The average molecular weight is 399 g/mol. The number of carbonyl (C=O) groups excluding carboxylic acids is 1. The minimum absolute atomic E-state index is 0.0626. The summed E-state index contributed by atoms with van der Waals surface area (Å²) < 4.78 is 16.5. The van der Waals surface area contributed by atoms with Crippen LogP contribution in [0.3, 0.4) is 0 Å². The lowest BCUT2D eigenvalue weighted by molar-refractivity contribution is -0.0586. The maximum atomic E-state index is 12.8. The van der Waals surface area contributed by atoms with Crippen molar-refractivity contribution >= 4 is 5.91 Å². The second kappa shape index (κ2) is 9.76. The largest absolute Gasteiger partial charge is 0.493 e. The van der Waals surface area contributed by atoms with E-state index in [-0.39, 0.29) is 18.1 Å². The Morgan fingerprint density at radius 2 is 1.72 bits per heavy atom. The van der Waals surface area contributed by atoms with Crippen molar-refractivity contribution in [2.45, 2.75) is 39.1 Å². The zero-order valence-corrected chi connectivity index (χ0v) is 17.6. The van der Waals surface area contributed by atoms with Crippen molar-refractivity contribution in [2.75, 3.05) is 27.3 Å². The Kier molecular flexibility index (Phi) is 7.12. The fourth-order valence-corrected chi connectivity index (χ4v) is 3.73. The molecule has 1 aliphatic rings. The van der Waals surface area contributed by atoms with Gasteiger partial charge in [-0.25, -0.2) is 0 Å². The Balaban J connectivity index is 1.57. The quantitative estimate of drug-likeness (QED) is 0.776. The summed E-state index contributed by atoms with van der Waals surface area (Å²) in [5, 5.41) is 3.42. The van der Waals surface area contributed by atoms with Crippen molar-refractivity contribution in [3.05, 3.63) is 59.2 Å². The summed E-state index contributed by atoms with van der Waals surface area (Å²) in [5.41, 5.74) is 2.87. The van der Waals surface area contributed by atoms with Crippen LogP contribution in [-0.2, 0) is 17.8 Å². The third-order valence-electron chi connectivity index (χ3n) is 5.04. The zero-order valence-electron chi connectivity index (χ0n) is 17.6. The highest BCUT2D eigenvalue weighted by atomic mass is 16.5. The second-order valence-corrected chi connectivity index (χ2v) is 7.42. The Hall–Kier alpha value is -2.57. The first-order valence-electron chi connectivity index (χ1n) is 9.96. The molecule has 0 saturated carbocycles. The smallest absolute Gasteiger partial charge is 0.254 e. The third-order valence-corrected chi connectivity index (χ3v) is 5.04. The van der Waals surface area contributed by atoms with Gasteiger partial charge in [0, 0.05) is 37.3 Å². The summed E-state index contributed by atoms with van der Waals surface area (Å²) in [7, 11) is 3.28. The summed E-state index contributed by atoms with van der Waals surface area (Å²) in [6.45, 7) is 6.62. The number of hydrogen-bond donors (Lipinski definition) is 1. The minimum Gasteiger partial charge on any atom is -0.493 e. The van der Waals surface area contributed by atoms with Gasteiger partial charge >= 0.3 is 0 Å². The van der Waals surface area contributed by atoms with Crippen LogP contribution in [0.1, 0.15) is 35.3 Å². The van der Waals surface area contributed by atoms with Crippen LogP contribution in [0, 0.1) is 0 Å². The molecule has 0 aromatic heterocycles. The molecule has 2 atom stereocenters. The molecule has 2 aromatic rings. The van der Waals surface area contributed by atoms with Crippen LogP contribution in [0.2, 0.25) is 0 Å². The van der Waals surface area contributed by atoms with Gasteiger partial charge in [-0.15, -0.1) is 0 Å². The summed E-state index contributed by atoms with van der Waals surface area (Å²) in [6, 6.07) is 13.6. The molecule has 1 N–H and O–H groups in total. The second-order valence-electron chi connectivity index (χ2n) is 7.42. The van der Waals surface area contributed by atoms with Crippen molar-refractivity contribution in [3.63, 3.8) is 0 Å². The molecule has 1 aliphatic heterocycles. The molecule has 6 heteroatoms. The summed E-state index contributed by atoms with van der Waals surface area (Å²) >= 11 is 0. The van der Waals surface area contributed by atoms with E-state index in [9.17, 15) is 4.79 Å². The molecule has 0 aliphatic carbocycles. The molecular formula is C23H30N2O4. The predicted octanol–water partition coefficient (Wildman–Crippen LogP) is 3.24. The number of hydrogen-bond acceptors (Lipinski definition) is 5. The fraction of sp³-hybridized carbons (Fsp3) is 0.435. The van der Waals surface area contributed by atoms with Crippen LogP contribution in [0.15, 0.2) is 42.5 Å². The molecule has 0 unspecified atom stereocenters. The fourth-order valence-electron chi connectivity index (χ4n) is 3.73. The predicted molar refractivity (Wildman–Crippen MR) is 112 cm³/mol. The molecule has 1 saturated heterocycles. The molecule has 1 amide bonds. The van der Waals surface area contributed by atoms with Crippen LogP contribution < -0.4 is 14.8 Å². The number of ether oxygens (including phenoxy) is 3. The standard InChI is InChI=1S/C23H30N2O4/c1-16-14-25(15-17(2)29-16)23(26)19-10-8-18(9-11-19)12-24-13-20-6-5-7-21(27-3)22(20)28-4/h5-11,16-17,24H,12-15H2,1-4H3/t16-,17-/m0/s1. The van der Waals surface area contributed by atoms with Gasteiger partial charge in [-0.3, -0.25) is 4.79 Å². The lowest BCUT2D eigenvalue weighted by atomic mass is 10.1. The van der Waals surface area contributed by atoms with Gasteiger partial charge in [0.2, 0.25) is 0 Å². The highest BCUT2D eigenvalue weighted by Crippen LogP contribution is 2.30. The first kappa shape index (κ1) is 21.1. The lowest BCUT2D eigenvalue weighted by Gasteiger charge is -2.35. The Bertz CT molecular complexity index is 812. The molecular weight excluding hydrogens is 368 g/mol. The van der Waals surface area contributed by atoms with Crippen LogP contribution in [0.5, 0.6) is 11.5 Å². The molecule has 0 radical (unpaired) electrons. The Labute approximate surface area is 172 Å². The van der Waals surface area contributed by atoms with E-state index in [0.29, 0.717) is 31.7 Å². The SMILES string of the molecule is COc1cccc(CNCc2ccc(C(=O)N3C[C@H](C)O[C@@H](C)C3)cc2)c1OC. The molecule has 2 aromatic carbocycles. The van der Waals surface area contributed by atoms with E-state index >= 15 is 0 Å². The van der Waals surface area contributed by atoms with E-state index in [2.05, 4.69) is 5.32 Å². The van der Waals surface area contributed by atoms with Crippen LogP contribution in [0.4, 0.5) is 0 Å². The van der Waals surface area contributed by atoms with Gasteiger partial charge in [-0.05, 0) is 37.6 Å². The van der Waals surface area contributed by atoms with Gasteiger partial charge in [0.05, 0.1) is 26.4 Å². The van der Waals surface area contributed by atoms with Crippen LogP contribution in [-0.4, -0.2) is 50.3 Å². The third kappa shape index (κ3) is 5.28. The van der Waals surface area contributed by atoms with Gasteiger partial charge < -0.3 is 24.4 Å². The van der Waals surface area contributed by atoms with Crippen molar-refractivity contribution < 1.29 is 19.0 Å². The monoisotopic (exact) mass is 398 g/mol. The van der Waals surface area contributed by atoms with Gasteiger partial charge in [0.15, 0.2) is 11.5 Å². The first-order chi connectivity index (χ1) is 14.0. The van der Waals surface area contributed by atoms with Crippen molar-refractivity contribution in [2.24, 2.45) is 0 Å². The van der Waals surface area contributed by atoms with E-state index in [1.54, 1.807) is 14.2 Å². The van der Waals surface area contributed by atoms with E-state index in [4.69, 9.17) is 14.2 Å². The van der Waals surface area contributed by atoms with Gasteiger partial charge in [-0.2, -0.15) is 0 Å². The molecule has 0 bridgehead atoms. The normalized spacial score (nSPS) is 19.1. The lowest BCUT2D eigenvalue weighted by Crippen LogP contribution is -2.48. The van der Waals surface area contributed by atoms with Crippen molar-refractivity contribution in [3.8, 4) is 11.5 Å². The number of morpholine rings is 1. The van der Waals surface area contributed by atoms with E-state index in [0.717, 1.165) is 22.6 Å². The Morgan fingerprint density at radius 3 is 2.34 bits per heavy atom. The summed E-state index contributed by atoms with van der Waals surface area (Å²) in [6.07, 6.45) is 0.138. The maximum Gasteiger partial charge on any atom is 0.254 e. The van der Waals surface area contributed by atoms with Crippen molar-refractivity contribution in [1.82, 2.24) is 10.2 Å². The highest BCUT2D eigenvalue weighted by Gasteiger charge is 2.26. The number of rotatable bonds is 7. The van der Waals surface area contributed by atoms with Crippen molar-refractivity contribution in [1.29, 1.82) is 0 Å². The minimum atomic E-state index is 0.0626. The molecule has 1 fully saturated rings. The number of carbonyl (C=O) groups is 1. The number of benzene rings is 2. The molecule has 0 spiro atoms. The number of nitrogens with one attached hydrogen (secondary N) is 1. The van der Waals surface area contributed by atoms with Crippen LogP contribution >= 0.6 is 0 Å². The zero-order chi connectivity index (χ0) is 20.8. The highest BCUT2D eigenvalue weighted by molar-refractivity contribution is 5.94. The van der Waals surface area contributed by atoms with E-state index in [1.807, 2.05) is 61.2 Å². The van der Waals surface area contributed by atoms with Gasteiger partial charge in [0.25, 0.3) is 5.91 Å². The summed E-state index contributed by atoms with van der Waals surface area (Å²) in [4.78, 5) is 14.6. The topological polar surface area (TPSA) is 60.0 Å². The number of para-hydroxylation sites is 1. The average Bonchev–Trinajstić information content (AvgIpc) is 2.72. The molecule has 3 rings (SSSR count). The van der Waals surface area contributed by atoms with E-state index in [1.165, 1.54) is 0 Å². The van der Waals surface area contributed by atoms with E-state index < -0.39 is 0 Å². The molecule has 156 valence electrons. The first-order valence-corrected chi connectivity index (χ1v) is 9.96. The van der Waals surface area contributed by atoms with Crippen LogP contribution in [0.25, 0.3) is 0 Å². The number of nitrogens with zero attached hydrogens (tertiary/aromatic N) is 1. The number of amides is 1. The number of methoxy groups -OCH3 is 2. The van der Waals surface area contributed by atoms with Gasteiger partial charge in [0.1, 0.15) is 0 Å². The van der Waals surface area contributed by atoms with Gasteiger partial charge in [-0.1, -0.05) is 24.3 Å². The maximum absolute atomic E-state index is 12.8. The summed E-state index contributed by atoms with van der Waals surface area (Å²) in [5.74, 6) is 1.53.